The van der Waals surface area contributed by atoms with E-state index in [1.54, 1.807) is 7.11 Å². The van der Waals surface area contributed by atoms with E-state index in [4.69, 9.17) is 4.74 Å². The lowest BCUT2D eigenvalue weighted by Gasteiger charge is -2.60. The quantitative estimate of drug-likeness (QED) is 0.742. The van der Waals surface area contributed by atoms with Crippen LogP contribution >= 0.6 is 0 Å². The van der Waals surface area contributed by atoms with E-state index < -0.39 is 0 Å². The summed E-state index contributed by atoms with van der Waals surface area (Å²) >= 11 is 0. The van der Waals surface area contributed by atoms with Crippen molar-refractivity contribution in [2.24, 2.45) is 11.8 Å². The molecule has 2 aliphatic heterocycles. The van der Waals surface area contributed by atoms with Crippen LogP contribution in [0.1, 0.15) is 51.4 Å². The number of amides is 2. The molecule has 5 nitrogen and oxygen atoms in total. The van der Waals surface area contributed by atoms with Gasteiger partial charge in [0.25, 0.3) is 5.91 Å². The van der Waals surface area contributed by atoms with E-state index in [0.717, 1.165) is 45.3 Å². The number of carbonyl (C=O) groups is 2. The predicted molar refractivity (Wildman–Crippen MR) is 85.7 cm³/mol. The lowest BCUT2D eigenvalue weighted by molar-refractivity contribution is -0.199. The summed E-state index contributed by atoms with van der Waals surface area (Å²) in [6.45, 7) is 2.46. The molecule has 2 aliphatic carbocycles. The van der Waals surface area contributed by atoms with Gasteiger partial charge in [0.1, 0.15) is 0 Å². The van der Waals surface area contributed by atoms with Crippen LogP contribution in [0.3, 0.4) is 0 Å². The number of piperidine rings is 1. The fourth-order valence-corrected chi connectivity index (χ4v) is 4.89. The minimum absolute atomic E-state index is 0.138. The first kappa shape index (κ1) is 15.4. The van der Waals surface area contributed by atoms with Crippen LogP contribution in [0.15, 0.2) is 0 Å². The third-order valence-corrected chi connectivity index (χ3v) is 6.53. The third kappa shape index (κ3) is 2.48. The van der Waals surface area contributed by atoms with Gasteiger partial charge in [0, 0.05) is 32.7 Å². The molecule has 0 aromatic heterocycles. The van der Waals surface area contributed by atoms with Crippen molar-refractivity contribution >= 4 is 11.8 Å². The van der Waals surface area contributed by atoms with Gasteiger partial charge >= 0.3 is 0 Å². The van der Waals surface area contributed by atoms with E-state index in [1.165, 1.54) is 25.7 Å². The molecule has 2 heterocycles. The Morgan fingerprint density at radius 1 is 1.17 bits per heavy atom. The van der Waals surface area contributed by atoms with E-state index in [9.17, 15) is 9.59 Å². The highest BCUT2D eigenvalue weighted by molar-refractivity contribution is 5.90. The van der Waals surface area contributed by atoms with E-state index in [1.807, 2.05) is 4.90 Å². The van der Waals surface area contributed by atoms with E-state index in [-0.39, 0.29) is 23.5 Å². The normalized spacial score (nSPS) is 30.8. The highest BCUT2D eigenvalue weighted by Gasteiger charge is 2.61. The van der Waals surface area contributed by atoms with Crippen molar-refractivity contribution in [2.75, 3.05) is 26.7 Å². The molecule has 1 atom stereocenters. The lowest BCUT2D eigenvalue weighted by Crippen LogP contribution is -2.77. The van der Waals surface area contributed by atoms with Gasteiger partial charge in [-0.2, -0.15) is 0 Å². The molecule has 0 aromatic carbocycles. The van der Waals surface area contributed by atoms with E-state index in [2.05, 4.69) is 4.90 Å². The average molecular weight is 320 g/mol. The van der Waals surface area contributed by atoms with Gasteiger partial charge in [0.15, 0.2) is 6.10 Å². The molecule has 5 heteroatoms. The van der Waals surface area contributed by atoms with Crippen LogP contribution in [0.25, 0.3) is 0 Å². The average Bonchev–Trinajstić information content (AvgIpc) is 3.24. The van der Waals surface area contributed by atoms with Crippen LogP contribution in [0.2, 0.25) is 0 Å². The largest absolute Gasteiger partial charge is 0.369 e. The molecule has 0 radical (unpaired) electrons. The summed E-state index contributed by atoms with van der Waals surface area (Å²) in [6, 6.07) is 0. The Morgan fingerprint density at radius 2 is 1.83 bits per heavy atom. The number of methoxy groups -OCH3 is 1. The molecule has 1 spiro atoms. The molecule has 2 saturated heterocycles. The number of carbonyl (C=O) groups excluding carboxylic acids is 2. The molecule has 4 aliphatic rings. The molecule has 2 amide bonds. The number of hydrogen-bond acceptors (Lipinski definition) is 3. The summed E-state index contributed by atoms with van der Waals surface area (Å²) in [4.78, 5) is 29.1. The first-order chi connectivity index (χ1) is 11.2. The first-order valence-electron chi connectivity index (χ1n) is 9.29. The minimum Gasteiger partial charge on any atom is -0.369 e. The maximum absolute atomic E-state index is 12.6. The number of rotatable bonds is 4. The van der Waals surface area contributed by atoms with Gasteiger partial charge < -0.3 is 14.5 Å². The van der Waals surface area contributed by atoms with Gasteiger partial charge in [-0.3, -0.25) is 9.59 Å². The van der Waals surface area contributed by atoms with Crippen LogP contribution in [-0.4, -0.2) is 60.0 Å². The molecule has 0 N–H and O–H groups in total. The zero-order valence-electron chi connectivity index (χ0n) is 14.1. The zero-order chi connectivity index (χ0) is 16.0. The molecule has 0 bridgehead atoms. The molecular weight excluding hydrogens is 292 g/mol. The molecule has 2 saturated carbocycles. The Morgan fingerprint density at radius 3 is 2.39 bits per heavy atom. The van der Waals surface area contributed by atoms with Crippen LogP contribution < -0.4 is 0 Å². The monoisotopic (exact) mass is 320 g/mol. The molecule has 0 aromatic rings. The highest BCUT2D eigenvalue weighted by Crippen LogP contribution is 2.45. The standard InChI is InChI=1S/C18H28N2O3/c1-23-15-17(22)20(12-13-6-7-13)18(15)8-10-19(11-9-18)16(21)14-4-2-3-5-14/h13-15H,2-12H2,1H3. The fraction of sp³-hybridized carbons (Fsp3) is 0.889. The van der Waals surface area contributed by atoms with Gasteiger partial charge in [-0.15, -0.1) is 0 Å². The molecule has 23 heavy (non-hydrogen) atoms. The molecule has 4 rings (SSSR count). The number of nitrogens with zero attached hydrogens (tertiary/aromatic N) is 2. The van der Waals surface area contributed by atoms with E-state index in [0.29, 0.717) is 11.8 Å². The van der Waals surface area contributed by atoms with Crippen molar-refractivity contribution in [1.82, 2.24) is 9.80 Å². The number of likely N-dealkylation sites (tertiary alicyclic amines) is 2. The van der Waals surface area contributed by atoms with Gasteiger partial charge in [-0.25, -0.2) is 0 Å². The Hall–Kier alpha value is -1.10. The summed E-state index contributed by atoms with van der Waals surface area (Å²) in [5.41, 5.74) is -0.138. The summed E-state index contributed by atoms with van der Waals surface area (Å²) in [5, 5.41) is 0. The Bertz CT molecular complexity index is 488. The summed E-state index contributed by atoms with van der Waals surface area (Å²) in [6.07, 6.45) is 8.50. The highest BCUT2D eigenvalue weighted by atomic mass is 16.5. The SMILES string of the molecule is COC1C(=O)N(CC2CC2)C12CCN(C(=O)C1CCCC1)CC2. The maximum atomic E-state index is 12.6. The summed E-state index contributed by atoms with van der Waals surface area (Å²) in [5.74, 6) is 1.47. The fourth-order valence-electron chi connectivity index (χ4n) is 4.89. The minimum atomic E-state index is -0.287. The third-order valence-electron chi connectivity index (χ3n) is 6.53. The van der Waals surface area contributed by atoms with Crippen molar-refractivity contribution in [3.05, 3.63) is 0 Å². The lowest BCUT2D eigenvalue weighted by atomic mass is 9.72. The Kier molecular flexibility index (Phi) is 3.87. The van der Waals surface area contributed by atoms with Crippen molar-refractivity contribution < 1.29 is 14.3 Å². The molecule has 128 valence electrons. The Labute approximate surface area is 138 Å². The van der Waals surface area contributed by atoms with Gasteiger partial charge in [0.05, 0.1) is 5.54 Å². The second kappa shape index (κ2) is 5.76. The Balaban J connectivity index is 1.41. The van der Waals surface area contributed by atoms with Crippen molar-refractivity contribution in [3.63, 3.8) is 0 Å². The first-order valence-corrected chi connectivity index (χ1v) is 9.29. The van der Waals surface area contributed by atoms with Crippen molar-refractivity contribution in [2.45, 2.75) is 63.0 Å². The molecule has 4 fully saturated rings. The second-order valence-electron chi connectivity index (χ2n) is 7.92. The van der Waals surface area contributed by atoms with Gasteiger partial charge in [0.2, 0.25) is 5.91 Å². The summed E-state index contributed by atoms with van der Waals surface area (Å²) < 4.78 is 5.52. The smallest absolute Gasteiger partial charge is 0.254 e. The second-order valence-corrected chi connectivity index (χ2v) is 7.92. The van der Waals surface area contributed by atoms with Gasteiger partial charge in [-0.05, 0) is 44.4 Å². The number of hydrogen-bond donors (Lipinski definition) is 0. The van der Waals surface area contributed by atoms with Crippen LogP contribution in [-0.2, 0) is 14.3 Å². The zero-order valence-corrected chi connectivity index (χ0v) is 14.1. The molecule has 1 unspecified atom stereocenters. The van der Waals surface area contributed by atoms with Crippen molar-refractivity contribution in [3.8, 4) is 0 Å². The van der Waals surface area contributed by atoms with Crippen LogP contribution in [0.4, 0.5) is 0 Å². The maximum Gasteiger partial charge on any atom is 0.254 e. The number of ether oxygens (including phenoxy) is 1. The summed E-state index contributed by atoms with van der Waals surface area (Å²) in [7, 11) is 1.65. The topological polar surface area (TPSA) is 49.9 Å². The van der Waals surface area contributed by atoms with Gasteiger partial charge in [-0.1, -0.05) is 12.8 Å². The number of β-lactam (4-membered cyclic amide) rings is 1. The van der Waals surface area contributed by atoms with Crippen molar-refractivity contribution in [1.29, 1.82) is 0 Å². The predicted octanol–water partition coefficient (Wildman–Crippen LogP) is 1.80. The van der Waals surface area contributed by atoms with E-state index >= 15 is 0 Å². The van der Waals surface area contributed by atoms with Crippen LogP contribution in [0, 0.1) is 11.8 Å². The molecular formula is C18H28N2O3. The van der Waals surface area contributed by atoms with Crippen LogP contribution in [0.5, 0.6) is 0 Å².